The Balaban J connectivity index is 2.85. The number of rotatable bonds is 3. The molecule has 1 unspecified atom stereocenters. The molecule has 1 heterocycles. The topological polar surface area (TPSA) is 79.3 Å². The van der Waals surface area contributed by atoms with Gasteiger partial charge in [0.1, 0.15) is 6.23 Å². The molecule has 0 aromatic carbocycles. The van der Waals surface area contributed by atoms with Crippen LogP contribution in [0.25, 0.3) is 0 Å². The zero-order valence-electron chi connectivity index (χ0n) is 7.64. The third-order valence-electron chi connectivity index (χ3n) is 1.57. The Bertz CT molecular complexity index is 446. The lowest BCUT2D eigenvalue weighted by Gasteiger charge is -2.14. The van der Waals surface area contributed by atoms with Gasteiger partial charge in [0.15, 0.2) is 0 Å². The van der Waals surface area contributed by atoms with Crippen LogP contribution in [0.2, 0.25) is 0 Å². The first-order valence-corrected chi connectivity index (χ1v) is 5.39. The van der Waals surface area contributed by atoms with Crippen molar-refractivity contribution in [1.29, 1.82) is 0 Å². The monoisotopic (exact) mass is 256 g/mol. The summed E-state index contributed by atoms with van der Waals surface area (Å²) in [6.07, 6.45) is 0.387. The van der Waals surface area contributed by atoms with Crippen molar-refractivity contribution < 1.29 is 26.7 Å². The molecule has 0 fully saturated rings. The van der Waals surface area contributed by atoms with Crippen LogP contribution in [0.1, 0.15) is 11.8 Å². The Morgan fingerprint density at radius 3 is 2.50 bits per heavy atom. The summed E-state index contributed by atoms with van der Waals surface area (Å²) in [5.41, 5.74) is -5.55. The van der Waals surface area contributed by atoms with Crippen molar-refractivity contribution in [3.63, 3.8) is 0 Å². The normalized spacial score (nSPS) is 14.8. The number of aliphatic hydroxyl groups is 1. The molecular formula is C7H7F3N2O3S. The van der Waals surface area contributed by atoms with Gasteiger partial charge >= 0.3 is 15.5 Å². The van der Waals surface area contributed by atoms with Gasteiger partial charge < -0.3 is 5.11 Å². The van der Waals surface area contributed by atoms with Crippen molar-refractivity contribution in [3.8, 4) is 0 Å². The van der Waals surface area contributed by atoms with E-state index in [4.69, 9.17) is 0 Å². The average Bonchev–Trinajstić information content (AvgIpc) is 2.16. The molecule has 1 rings (SSSR count). The Morgan fingerprint density at radius 1 is 1.44 bits per heavy atom. The second-order valence-corrected chi connectivity index (χ2v) is 4.46. The standard InChI is InChI=1S/C7H7F3N2O3S/c8-7(9,10)16(14,15)12-6(13)5-2-1-3-11-4-5/h1-4,6,12-13H. The van der Waals surface area contributed by atoms with Gasteiger partial charge in [-0.3, -0.25) is 4.98 Å². The van der Waals surface area contributed by atoms with Crippen LogP contribution in [0, 0.1) is 0 Å². The van der Waals surface area contributed by atoms with Crippen molar-refractivity contribution >= 4 is 10.0 Å². The quantitative estimate of drug-likeness (QED) is 0.772. The van der Waals surface area contributed by atoms with E-state index in [0.717, 1.165) is 10.9 Å². The number of halogens is 3. The molecule has 16 heavy (non-hydrogen) atoms. The van der Waals surface area contributed by atoms with E-state index in [1.807, 2.05) is 0 Å². The minimum absolute atomic E-state index is 0.0877. The molecular weight excluding hydrogens is 249 g/mol. The van der Waals surface area contributed by atoms with Gasteiger partial charge in [0.05, 0.1) is 0 Å². The summed E-state index contributed by atoms with van der Waals surface area (Å²) in [5.74, 6) is 0. The lowest BCUT2D eigenvalue weighted by molar-refractivity contribution is -0.0465. The first-order valence-electron chi connectivity index (χ1n) is 3.90. The second-order valence-electron chi connectivity index (χ2n) is 2.76. The fraction of sp³-hybridized carbons (Fsp3) is 0.286. The molecule has 0 bridgehead atoms. The van der Waals surface area contributed by atoms with E-state index >= 15 is 0 Å². The molecule has 0 spiro atoms. The average molecular weight is 256 g/mol. The van der Waals surface area contributed by atoms with E-state index < -0.39 is 21.8 Å². The number of alkyl halides is 3. The third-order valence-corrected chi connectivity index (χ3v) is 2.71. The van der Waals surface area contributed by atoms with E-state index in [2.05, 4.69) is 4.98 Å². The highest BCUT2D eigenvalue weighted by Crippen LogP contribution is 2.23. The number of hydrogen-bond donors (Lipinski definition) is 2. The predicted octanol–water partition coefficient (Wildman–Crippen LogP) is 0.512. The SMILES string of the molecule is O=S(=O)(NC(O)c1cccnc1)C(F)(F)F. The Hall–Kier alpha value is -1.19. The van der Waals surface area contributed by atoms with E-state index in [1.165, 1.54) is 18.3 Å². The molecule has 90 valence electrons. The lowest BCUT2D eigenvalue weighted by Crippen LogP contribution is -2.38. The third kappa shape index (κ3) is 2.90. The minimum Gasteiger partial charge on any atom is -0.373 e. The summed E-state index contributed by atoms with van der Waals surface area (Å²) >= 11 is 0. The number of nitrogens with one attached hydrogen (secondary N) is 1. The molecule has 1 atom stereocenters. The van der Waals surface area contributed by atoms with E-state index in [1.54, 1.807) is 0 Å². The van der Waals surface area contributed by atoms with Crippen LogP contribution in [-0.4, -0.2) is 24.0 Å². The maximum atomic E-state index is 11.9. The van der Waals surface area contributed by atoms with Gasteiger partial charge in [0.25, 0.3) is 0 Å². The molecule has 1 aromatic rings. The lowest BCUT2D eigenvalue weighted by atomic mass is 10.3. The number of hydrogen-bond acceptors (Lipinski definition) is 4. The van der Waals surface area contributed by atoms with Crippen molar-refractivity contribution in [3.05, 3.63) is 30.1 Å². The Kier molecular flexibility index (Phi) is 3.51. The molecule has 9 heteroatoms. The molecule has 0 aliphatic heterocycles. The molecule has 5 nitrogen and oxygen atoms in total. The first kappa shape index (κ1) is 12.9. The Labute approximate surface area is 89.0 Å². The fourth-order valence-corrected chi connectivity index (χ4v) is 1.38. The molecule has 0 aliphatic carbocycles. The second kappa shape index (κ2) is 4.36. The summed E-state index contributed by atoms with van der Waals surface area (Å²) in [6, 6.07) is 2.58. The molecule has 0 amide bonds. The summed E-state index contributed by atoms with van der Waals surface area (Å²) in [7, 11) is -5.57. The fourth-order valence-electron chi connectivity index (χ4n) is 0.820. The summed E-state index contributed by atoms with van der Waals surface area (Å²) in [4.78, 5) is 3.52. The maximum absolute atomic E-state index is 11.9. The highest BCUT2D eigenvalue weighted by molar-refractivity contribution is 7.90. The van der Waals surface area contributed by atoms with Crippen LogP contribution in [0.4, 0.5) is 13.2 Å². The van der Waals surface area contributed by atoms with E-state index in [-0.39, 0.29) is 5.56 Å². The molecule has 0 aliphatic rings. The largest absolute Gasteiger partial charge is 0.511 e. The minimum atomic E-state index is -5.57. The van der Waals surface area contributed by atoms with Crippen LogP contribution in [0.15, 0.2) is 24.5 Å². The van der Waals surface area contributed by atoms with Gasteiger partial charge in [0.2, 0.25) is 0 Å². The van der Waals surface area contributed by atoms with Crippen molar-refractivity contribution in [2.24, 2.45) is 0 Å². The summed E-state index contributed by atoms with van der Waals surface area (Å²) in [6.45, 7) is 0. The number of sulfonamides is 1. The van der Waals surface area contributed by atoms with Crippen LogP contribution < -0.4 is 4.72 Å². The molecule has 0 saturated heterocycles. The number of nitrogens with zero attached hydrogens (tertiary/aromatic N) is 1. The predicted molar refractivity (Wildman–Crippen MR) is 47.3 cm³/mol. The van der Waals surface area contributed by atoms with Crippen molar-refractivity contribution in [2.75, 3.05) is 0 Å². The van der Waals surface area contributed by atoms with Gasteiger partial charge in [-0.05, 0) is 6.07 Å². The smallest absolute Gasteiger partial charge is 0.373 e. The molecule has 2 N–H and O–H groups in total. The highest BCUT2D eigenvalue weighted by atomic mass is 32.2. The number of aliphatic hydroxyl groups excluding tert-OH is 1. The van der Waals surface area contributed by atoms with Gasteiger partial charge in [-0.1, -0.05) is 6.07 Å². The number of aromatic nitrogens is 1. The molecule has 0 saturated carbocycles. The van der Waals surface area contributed by atoms with Crippen LogP contribution in [-0.2, 0) is 10.0 Å². The van der Waals surface area contributed by atoms with Gasteiger partial charge in [-0.2, -0.15) is 17.9 Å². The van der Waals surface area contributed by atoms with Crippen LogP contribution in [0.5, 0.6) is 0 Å². The van der Waals surface area contributed by atoms with Gasteiger partial charge in [-0.25, -0.2) is 8.42 Å². The van der Waals surface area contributed by atoms with Crippen molar-refractivity contribution in [2.45, 2.75) is 11.7 Å². The molecule has 1 aromatic heterocycles. The molecule has 0 radical (unpaired) electrons. The highest BCUT2D eigenvalue weighted by Gasteiger charge is 2.46. The zero-order valence-corrected chi connectivity index (χ0v) is 8.46. The Morgan fingerprint density at radius 2 is 2.06 bits per heavy atom. The first-order chi connectivity index (χ1) is 7.24. The van der Waals surface area contributed by atoms with Gasteiger partial charge in [-0.15, -0.1) is 0 Å². The zero-order chi connectivity index (χ0) is 12.4. The number of pyridine rings is 1. The van der Waals surface area contributed by atoms with Crippen LogP contribution >= 0.6 is 0 Å². The van der Waals surface area contributed by atoms with Crippen LogP contribution in [0.3, 0.4) is 0 Å². The van der Waals surface area contributed by atoms with E-state index in [9.17, 15) is 26.7 Å². The van der Waals surface area contributed by atoms with Crippen molar-refractivity contribution in [1.82, 2.24) is 9.71 Å². The van der Waals surface area contributed by atoms with Gasteiger partial charge in [0, 0.05) is 18.0 Å². The summed E-state index contributed by atoms with van der Waals surface area (Å²) in [5, 5.41) is 9.19. The van der Waals surface area contributed by atoms with E-state index in [0.29, 0.717) is 0 Å². The summed E-state index contributed by atoms with van der Waals surface area (Å²) < 4.78 is 58.1. The maximum Gasteiger partial charge on any atom is 0.511 e.